The molecule has 1 aromatic heterocycles. The first-order valence-electron chi connectivity index (χ1n) is 7.51. The Morgan fingerprint density at radius 2 is 2.00 bits per heavy atom. The topological polar surface area (TPSA) is 92.2 Å². The fraction of sp³-hybridized carbons (Fsp3) is 0.471. The molecule has 0 aliphatic carbocycles. The maximum Gasteiger partial charge on any atom is 0.348 e. The van der Waals surface area contributed by atoms with Crippen molar-refractivity contribution < 1.29 is 19.1 Å². The van der Waals surface area contributed by atoms with Crippen LogP contribution >= 0.6 is 0 Å². The zero-order valence-corrected chi connectivity index (χ0v) is 14.0. The number of esters is 2. The molecule has 1 N–H and O–H groups in total. The fourth-order valence-corrected chi connectivity index (χ4v) is 2.29. The van der Waals surface area contributed by atoms with Crippen molar-refractivity contribution in [2.75, 3.05) is 13.2 Å². The Kier molecular flexibility index (Phi) is 7.07. The summed E-state index contributed by atoms with van der Waals surface area (Å²) in [5.74, 6) is -0.915. The number of hydrogen-bond donors (Lipinski definition) is 1. The molecule has 1 heterocycles. The number of carbonyl (C=O) groups excluding carboxylic acids is 2. The van der Waals surface area contributed by atoms with Crippen molar-refractivity contribution in [3.05, 3.63) is 28.1 Å². The summed E-state index contributed by atoms with van der Waals surface area (Å²) in [5, 5.41) is 9.10. The van der Waals surface area contributed by atoms with Crippen LogP contribution in [0.3, 0.4) is 0 Å². The van der Waals surface area contributed by atoms with Gasteiger partial charge in [0.25, 0.3) is 0 Å². The minimum Gasteiger partial charge on any atom is -0.466 e. The molecule has 0 unspecified atom stereocenters. The number of rotatable bonds is 7. The van der Waals surface area contributed by atoms with E-state index < -0.39 is 5.97 Å². The molecule has 0 amide bonds. The minimum atomic E-state index is -0.627. The first-order valence-corrected chi connectivity index (χ1v) is 7.51. The number of aromatic amines is 1. The smallest absolute Gasteiger partial charge is 0.348 e. The normalized spacial score (nSPS) is 11.0. The molecule has 124 valence electrons. The molecular formula is C17H22N2O4. The highest BCUT2D eigenvalue weighted by atomic mass is 16.5. The molecule has 0 saturated carbocycles. The van der Waals surface area contributed by atoms with Gasteiger partial charge in [-0.15, -0.1) is 0 Å². The van der Waals surface area contributed by atoms with Crippen LogP contribution in [0.5, 0.6) is 0 Å². The number of hydrogen-bond acceptors (Lipinski definition) is 5. The van der Waals surface area contributed by atoms with Crippen LogP contribution in [0.15, 0.2) is 5.57 Å². The second-order valence-corrected chi connectivity index (χ2v) is 5.10. The summed E-state index contributed by atoms with van der Waals surface area (Å²) in [6.45, 7) is 7.53. The largest absolute Gasteiger partial charge is 0.466 e. The highest BCUT2D eigenvalue weighted by Gasteiger charge is 2.14. The predicted octanol–water partition coefficient (Wildman–Crippen LogP) is 2.60. The van der Waals surface area contributed by atoms with Crippen LogP contribution in [0.25, 0.3) is 6.08 Å². The van der Waals surface area contributed by atoms with Gasteiger partial charge in [0.15, 0.2) is 0 Å². The molecule has 6 nitrogen and oxygen atoms in total. The number of nitrogens with one attached hydrogen (secondary N) is 1. The highest BCUT2D eigenvalue weighted by molar-refractivity contribution is 5.97. The number of aromatic nitrogens is 1. The Morgan fingerprint density at radius 1 is 1.30 bits per heavy atom. The van der Waals surface area contributed by atoms with Crippen LogP contribution in [-0.2, 0) is 25.5 Å². The van der Waals surface area contributed by atoms with Gasteiger partial charge in [-0.1, -0.05) is 0 Å². The average Bonchev–Trinajstić information content (AvgIpc) is 2.75. The van der Waals surface area contributed by atoms with Gasteiger partial charge in [0.1, 0.15) is 11.6 Å². The van der Waals surface area contributed by atoms with E-state index in [0.29, 0.717) is 13.0 Å². The van der Waals surface area contributed by atoms with Crippen LogP contribution in [0.4, 0.5) is 0 Å². The van der Waals surface area contributed by atoms with Crippen molar-refractivity contribution >= 4 is 18.0 Å². The molecular weight excluding hydrogens is 296 g/mol. The first-order chi connectivity index (χ1) is 10.9. The quantitative estimate of drug-likeness (QED) is 0.361. The van der Waals surface area contributed by atoms with Gasteiger partial charge in [-0.2, -0.15) is 5.26 Å². The van der Waals surface area contributed by atoms with Crippen LogP contribution in [-0.4, -0.2) is 30.1 Å². The molecule has 0 spiro atoms. The molecule has 23 heavy (non-hydrogen) atoms. The maximum atomic E-state index is 11.7. The summed E-state index contributed by atoms with van der Waals surface area (Å²) >= 11 is 0. The molecule has 0 saturated heterocycles. The summed E-state index contributed by atoms with van der Waals surface area (Å²) in [4.78, 5) is 25.6. The molecule has 6 heteroatoms. The molecule has 0 aliphatic heterocycles. The fourth-order valence-electron chi connectivity index (χ4n) is 2.29. The van der Waals surface area contributed by atoms with E-state index in [1.165, 1.54) is 13.0 Å². The molecule has 0 aromatic carbocycles. The van der Waals surface area contributed by atoms with Gasteiger partial charge < -0.3 is 14.5 Å². The lowest BCUT2D eigenvalue weighted by atomic mass is 10.0. The zero-order valence-electron chi connectivity index (χ0n) is 14.0. The van der Waals surface area contributed by atoms with Crippen molar-refractivity contribution in [1.29, 1.82) is 5.26 Å². The van der Waals surface area contributed by atoms with Gasteiger partial charge in [0.2, 0.25) is 0 Å². The van der Waals surface area contributed by atoms with Crippen LogP contribution in [0.1, 0.15) is 42.8 Å². The van der Waals surface area contributed by atoms with Crippen LogP contribution < -0.4 is 0 Å². The maximum absolute atomic E-state index is 11.7. The molecule has 0 fully saturated rings. The summed E-state index contributed by atoms with van der Waals surface area (Å²) in [5.41, 5.74) is 3.72. The van der Waals surface area contributed by atoms with E-state index in [0.717, 1.165) is 28.9 Å². The molecule has 0 atom stereocenters. The van der Waals surface area contributed by atoms with Gasteiger partial charge in [0, 0.05) is 18.3 Å². The Labute approximate surface area is 136 Å². The van der Waals surface area contributed by atoms with Gasteiger partial charge in [-0.25, -0.2) is 4.79 Å². The predicted molar refractivity (Wildman–Crippen MR) is 85.4 cm³/mol. The molecule has 0 bridgehead atoms. The van der Waals surface area contributed by atoms with E-state index in [1.54, 1.807) is 6.92 Å². The van der Waals surface area contributed by atoms with E-state index in [2.05, 4.69) is 4.98 Å². The number of nitrogens with zero attached hydrogens (tertiary/aromatic N) is 1. The molecule has 0 aliphatic rings. The Morgan fingerprint density at radius 3 is 2.57 bits per heavy atom. The van der Waals surface area contributed by atoms with Crippen molar-refractivity contribution in [3.8, 4) is 6.07 Å². The Bertz CT molecular complexity index is 650. The number of nitriles is 1. The van der Waals surface area contributed by atoms with Crippen molar-refractivity contribution in [3.63, 3.8) is 0 Å². The lowest BCUT2D eigenvalue weighted by Gasteiger charge is -2.03. The van der Waals surface area contributed by atoms with Gasteiger partial charge in [-0.3, -0.25) is 4.79 Å². The lowest BCUT2D eigenvalue weighted by Crippen LogP contribution is -2.06. The van der Waals surface area contributed by atoms with Crippen molar-refractivity contribution in [1.82, 2.24) is 4.98 Å². The third-order valence-corrected chi connectivity index (χ3v) is 3.41. The zero-order chi connectivity index (χ0) is 17.4. The first kappa shape index (κ1) is 18.5. The molecule has 0 radical (unpaired) electrons. The number of carbonyl (C=O) groups is 2. The van der Waals surface area contributed by atoms with E-state index in [4.69, 9.17) is 14.7 Å². The second-order valence-electron chi connectivity index (χ2n) is 5.10. The minimum absolute atomic E-state index is 0.0392. The van der Waals surface area contributed by atoms with Gasteiger partial charge in [0.05, 0.1) is 13.2 Å². The van der Waals surface area contributed by atoms with Crippen molar-refractivity contribution in [2.24, 2.45) is 0 Å². The van der Waals surface area contributed by atoms with E-state index >= 15 is 0 Å². The van der Waals surface area contributed by atoms with E-state index in [9.17, 15) is 9.59 Å². The number of ether oxygens (including phenoxy) is 2. The molecule has 1 rings (SSSR count). The average molecular weight is 318 g/mol. The van der Waals surface area contributed by atoms with Gasteiger partial charge >= 0.3 is 11.9 Å². The van der Waals surface area contributed by atoms with Crippen molar-refractivity contribution in [2.45, 2.75) is 40.5 Å². The second kappa shape index (κ2) is 8.79. The van der Waals surface area contributed by atoms with Gasteiger partial charge in [-0.05, 0) is 50.8 Å². The third-order valence-electron chi connectivity index (χ3n) is 3.41. The summed E-state index contributed by atoms with van der Waals surface area (Å²) < 4.78 is 9.78. The van der Waals surface area contributed by atoms with Crippen LogP contribution in [0, 0.1) is 25.2 Å². The van der Waals surface area contributed by atoms with E-state index in [1.807, 2.05) is 19.9 Å². The Hall–Kier alpha value is -2.55. The third kappa shape index (κ3) is 5.29. The Balaban J connectivity index is 2.90. The highest BCUT2D eigenvalue weighted by Crippen LogP contribution is 2.22. The standard InChI is InChI=1S/C17H22N2O4/c1-5-22-17(21)14(10-18)9-16-11(2)15(12(3)19-16)7-6-8-23-13(4)20/h9,19H,5-8H2,1-4H3. The monoisotopic (exact) mass is 318 g/mol. The summed E-state index contributed by atoms with van der Waals surface area (Å²) in [6.07, 6.45) is 2.97. The summed E-state index contributed by atoms with van der Waals surface area (Å²) in [7, 11) is 0. The SMILES string of the molecule is CCOC(=O)C(C#N)=Cc1[nH]c(C)c(CCCOC(C)=O)c1C. The lowest BCUT2D eigenvalue weighted by molar-refractivity contribution is -0.141. The molecule has 1 aromatic rings. The van der Waals surface area contributed by atoms with E-state index in [-0.39, 0.29) is 18.1 Å². The van der Waals surface area contributed by atoms with Crippen LogP contribution in [0.2, 0.25) is 0 Å². The number of aryl methyl sites for hydroxylation is 1. The summed E-state index contributed by atoms with van der Waals surface area (Å²) in [6, 6.07) is 1.86. The number of H-pyrrole nitrogens is 1.